The van der Waals surface area contributed by atoms with Crippen molar-refractivity contribution in [1.82, 2.24) is 5.32 Å². The molecule has 0 fully saturated rings. The minimum absolute atomic E-state index is 0.0743. The number of nitrogens with one attached hydrogen (secondary N) is 3. The Morgan fingerprint density at radius 3 is 2.46 bits per heavy atom. The Hall–Kier alpha value is -2.20. The zero-order valence-corrected chi connectivity index (χ0v) is 14.4. The van der Waals surface area contributed by atoms with Crippen LogP contribution in [0.1, 0.15) is 13.8 Å². The molecule has 1 aromatic rings. The van der Waals surface area contributed by atoms with Crippen molar-refractivity contribution in [2.45, 2.75) is 19.9 Å². The topological polar surface area (TPSA) is 130 Å². The molecule has 1 rings (SSSR count). The second kappa shape index (κ2) is 8.06. The summed E-state index contributed by atoms with van der Waals surface area (Å²) in [4.78, 5) is 23.4. The van der Waals surface area contributed by atoms with Gasteiger partial charge in [-0.3, -0.25) is 14.3 Å². The fourth-order valence-corrected chi connectivity index (χ4v) is 2.23. The van der Waals surface area contributed by atoms with Gasteiger partial charge in [-0.2, -0.15) is 0 Å². The van der Waals surface area contributed by atoms with Crippen LogP contribution in [0.3, 0.4) is 0 Å². The van der Waals surface area contributed by atoms with Gasteiger partial charge in [0.25, 0.3) is 0 Å². The number of carbonyl (C=O) groups excluding carboxylic acids is 2. The van der Waals surface area contributed by atoms with Crippen LogP contribution in [0.15, 0.2) is 18.2 Å². The molecule has 0 unspecified atom stereocenters. The highest BCUT2D eigenvalue weighted by molar-refractivity contribution is 7.92. The van der Waals surface area contributed by atoms with Crippen molar-refractivity contribution in [1.29, 1.82) is 0 Å². The molecule has 0 bridgehead atoms. The van der Waals surface area contributed by atoms with Crippen molar-refractivity contribution in [2.24, 2.45) is 11.7 Å². The summed E-state index contributed by atoms with van der Waals surface area (Å²) in [6, 6.07) is 2.68. The Kier molecular flexibility index (Phi) is 6.67. The van der Waals surface area contributed by atoms with Gasteiger partial charge in [-0.15, -0.1) is 0 Å². The summed E-state index contributed by atoms with van der Waals surface area (Å²) in [6.45, 7) is 3.24. The molecule has 0 aromatic heterocycles. The van der Waals surface area contributed by atoms with E-state index in [-0.39, 0.29) is 23.8 Å². The summed E-state index contributed by atoms with van der Waals surface area (Å²) >= 11 is 0. The minimum atomic E-state index is -3.66. The number of carbonyl (C=O) groups is 2. The number of rotatable bonds is 7. The maximum absolute atomic E-state index is 13.5. The van der Waals surface area contributed by atoms with Gasteiger partial charge in [0, 0.05) is 5.69 Å². The molecule has 1 aromatic carbocycles. The van der Waals surface area contributed by atoms with Crippen LogP contribution < -0.4 is 21.1 Å². The molecule has 0 heterocycles. The first-order chi connectivity index (χ1) is 11.0. The van der Waals surface area contributed by atoms with Crippen molar-refractivity contribution in [3.8, 4) is 0 Å². The fourth-order valence-electron chi connectivity index (χ4n) is 1.67. The lowest BCUT2D eigenvalue weighted by molar-refractivity contribution is -0.125. The molecule has 1 atom stereocenters. The zero-order valence-electron chi connectivity index (χ0n) is 13.6. The lowest BCUT2D eigenvalue weighted by Crippen LogP contribution is -2.46. The molecule has 5 N–H and O–H groups in total. The van der Waals surface area contributed by atoms with E-state index >= 15 is 0 Å². The third-order valence-electron chi connectivity index (χ3n) is 2.99. The van der Waals surface area contributed by atoms with Gasteiger partial charge >= 0.3 is 0 Å². The molecule has 2 amide bonds. The largest absolute Gasteiger partial charge is 0.346 e. The molecule has 0 aliphatic rings. The minimum Gasteiger partial charge on any atom is -0.346 e. The van der Waals surface area contributed by atoms with E-state index < -0.39 is 33.7 Å². The van der Waals surface area contributed by atoms with E-state index in [9.17, 15) is 22.4 Å². The lowest BCUT2D eigenvalue weighted by atomic mass is 10.1. The summed E-state index contributed by atoms with van der Waals surface area (Å²) in [7, 11) is -3.66. The number of anilines is 2. The van der Waals surface area contributed by atoms with E-state index in [1.807, 2.05) is 4.72 Å². The van der Waals surface area contributed by atoms with Gasteiger partial charge in [-0.1, -0.05) is 13.8 Å². The Morgan fingerprint density at radius 2 is 1.92 bits per heavy atom. The van der Waals surface area contributed by atoms with Crippen LogP contribution >= 0.6 is 0 Å². The van der Waals surface area contributed by atoms with Crippen LogP contribution in [-0.2, 0) is 19.6 Å². The number of halogens is 1. The Balaban J connectivity index is 2.68. The van der Waals surface area contributed by atoms with E-state index in [1.54, 1.807) is 13.8 Å². The van der Waals surface area contributed by atoms with Crippen molar-refractivity contribution >= 4 is 33.2 Å². The van der Waals surface area contributed by atoms with Gasteiger partial charge in [-0.25, -0.2) is 12.8 Å². The van der Waals surface area contributed by atoms with Crippen molar-refractivity contribution in [3.05, 3.63) is 24.0 Å². The quantitative estimate of drug-likeness (QED) is 0.553. The first-order valence-corrected chi connectivity index (χ1v) is 8.99. The van der Waals surface area contributed by atoms with Crippen LogP contribution in [0.2, 0.25) is 0 Å². The highest BCUT2D eigenvalue weighted by Crippen LogP contribution is 2.20. The molecule has 0 radical (unpaired) electrons. The van der Waals surface area contributed by atoms with Gasteiger partial charge < -0.3 is 16.4 Å². The molecular formula is C14H21FN4O4S. The predicted octanol–water partition coefficient (Wildman–Crippen LogP) is 0.235. The monoisotopic (exact) mass is 360 g/mol. The Labute approximate surface area is 140 Å². The summed E-state index contributed by atoms with van der Waals surface area (Å²) in [5.74, 6) is -1.88. The third-order valence-corrected chi connectivity index (χ3v) is 3.58. The molecule has 0 saturated carbocycles. The number of hydrogen-bond acceptors (Lipinski definition) is 5. The first-order valence-electron chi connectivity index (χ1n) is 7.10. The van der Waals surface area contributed by atoms with Crippen LogP contribution in [-0.4, -0.2) is 39.1 Å². The molecule has 0 aliphatic heterocycles. The predicted molar refractivity (Wildman–Crippen MR) is 89.3 cm³/mol. The summed E-state index contributed by atoms with van der Waals surface area (Å²) in [5.41, 5.74) is 5.53. The normalized spacial score (nSPS) is 12.6. The SMILES string of the molecule is CC(C)[C@H](N)C(=O)NCC(=O)Nc1ccc(F)c(NS(C)(=O)=O)c1. The zero-order chi connectivity index (χ0) is 18.5. The molecule has 0 saturated heterocycles. The van der Waals surface area contributed by atoms with E-state index in [1.165, 1.54) is 6.07 Å². The number of benzene rings is 1. The van der Waals surface area contributed by atoms with Crippen LogP contribution in [0.5, 0.6) is 0 Å². The second-order valence-corrected chi connectivity index (χ2v) is 7.35. The Bertz CT molecular complexity index is 721. The molecular weight excluding hydrogens is 339 g/mol. The lowest BCUT2D eigenvalue weighted by Gasteiger charge is -2.15. The summed E-state index contributed by atoms with van der Waals surface area (Å²) in [6.07, 6.45) is 0.880. The molecule has 134 valence electrons. The van der Waals surface area contributed by atoms with Crippen LogP contribution in [0.25, 0.3) is 0 Å². The Morgan fingerprint density at radius 1 is 1.29 bits per heavy atom. The van der Waals surface area contributed by atoms with Gasteiger partial charge in [0.05, 0.1) is 24.5 Å². The van der Waals surface area contributed by atoms with Crippen LogP contribution in [0, 0.1) is 11.7 Å². The van der Waals surface area contributed by atoms with Crippen molar-refractivity contribution < 1.29 is 22.4 Å². The molecule has 0 aliphatic carbocycles. The van der Waals surface area contributed by atoms with E-state index in [0.29, 0.717) is 0 Å². The van der Waals surface area contributed by atoms with Gasteiger partial charge in [0.2, 0.25) is 21.8 Å². The maximum Gasteiger partial charge on any atom is 0.243 e. The van der Waals surface area contributed by atoms with E-state index in [4.69, 9.17) is 5.73 Å². The number of hydrogen-bond donors (Lipinski definition) is 4. The highest BCUT2D eigenvalue weighted by atomic mass is 32.2. The fraction of sp³-hybridized carbons (Fsp3) is 0.429. The van der Waals surface area contributed by atoms with Crippen molar-refractivity contribution in [2.75, 3.05) is 22.8 Å². The third kappa shape index (κ3) is 6.50. The smallest absolute Gasteiger partial charge is 0.243 e. The first kappa shape index (κ1) is 19.8. The van der Waals surface area contributed by atoms with E-state index in [2.05, 4.69) is 10.6 Å². The average Bonchev–Trinajstić information content (AvgIpc) is 2.45. The highest BCUT2D eigenvalue weighted by Gasteiger charge is 2.17. The number of amides is 2. The van der Waals surface area contributed by atoms with E-state index in [0.717, 1.165) is 18.4 Å². The molecule has 8 nitrogen and oxygen atoms in total. The standard InChI is InChI=1S/C14H21FN4O4S/c1-8(2)13(16)14(21)17-7-12(20)18-9-4-5-10(15)11(6-9)19-24(3,22)23/h4-6,8,13,19H,7,16H2,1-3H3,(H,17,21)(H,18,20)/t13-/m0/s1. The molecule has 10 heteroatoms. The van der Waals surface area contributed by atoms with Crippen molar-refractivity contribution in [3.63, 3.8) is 0 Å². The van der Waals surface area contributed by atoms with Crippen LogP contribution in [0.4, 0.5) is 15.8 Å². The second-order valence-electron chi connectivity index (χ2n) is 5.60. The molecule has 24 heavy (non-hydrogen) atoms. The maximum atomic E-state index is 13.5. The number of nitrogens with two attached hydrogens (primary N) is 1. The summed E-state index contributed by atoms with van der Waals surface area (Å²) in [5, 5.41) is 4.81. The molecule has 0 spiro atoms. The average molecular weight is 360 g/mol. The van der Waals surface area contributed by atoms with Gasteiger partial charge in [-0.05, 0) is 24.1 Å². The number of sulfonamides is 1. The van der Waals surface area contributed by atoms with Gasteiger partial charge in [0.1, 0.15) is 5.82 Å². The summed E-state index contributed by atoms with van der Waals surface area (Å²) < 4.78 is 37.9. The van der Waals surface area contributed by atoms with Gasteiger partial charge in [0.15, 0.2) is 0 Å².